The van der Waals surface area contributed by atoms with Crippen molar-refractivity contribution in [3.05, 3.63) is 90.5 Å². The Kier molecular flexibility index (Phi) is 5.02. The second kappa shape index (κ2) is 7.92. The third kappa shape index (κ3) is 4.01. The van der Waals surface area contributed by atoms with E-state index in [0.29, 0.717) is 5.75 Å². The standard InChI is InChI=1S/C24H20N2O2/c1-17(28-23-13-12-20-7-3-5-9-22(20)15-23)24(27)26-25-16-18-10-11-19-6-2-4-8-21(19)14-18/h2-17H,1H3,(H,26,27)/b25-16-/t17-/m0/s1. The van der Waals surface area contributed by atoms with Crippen LogP contribution in [0.15, 0.2) is 90.0 Å². The van der Waals surface area contributed by atoms with Crippen LogP contribution >= 0.6 is 0 Å². The van der Waals surface area contributed by atoms with Gasteiger partial charge in [0.1, 0.15) is 5.75 Å². The van der Waals surface area contributed by atoms with Gasteiger partial charge >= 0.3 is 0 Å². The summed E-state index contributed by atoms with van der Waals surface area (Å²) in [6.07, 6.45) is 0.975. The van der Waals surface area contributed by atoms with Gasteiger partial charge in [-0.25, -0.2) is 5.43 Å². The maximum Gasteiger partial charge on any atom is 0.280 e. The van der Waals surface area contributed by atoms with Crippen LogP contribution in [0, 0.1) is 0 Å². The van der Waals surface area contributed by atoms with E-state index in [1.54, 1.807) is 13.1 Å². The number of amides is 1. The summed E-state index contributed by atoms with van der Waals surface area (Å²) < 4.78 is 5.76. The molecular formula is C24H20N2O2. The van der Waals surface area contributed by atoms with E-state index < -0.39 is 6.10 Å². The lowest BCUT2D eigenvalue weighted by molar-refractivity contribution is -0.127. The Morgan fingerprint density at radius 3 is 2.18 bits per heavy atom. The molecule has 28 heavy (non-hydrogen) atoms. The lowest BCUT2D eigenvalue weighted by Gasteiger charge is -2.13. The molecule has 4 aromatic carbocycles. The predicted molar refractivity (Wildman–Crippen MR) is 114 cm³/mol. The SMILES string of the molecule is C[C@H](Oc1ccc2ccccc2c1)C(=O)N/N=C\c1ccc2ccccc2c1. The van der Waals surface area contributed by atoms with Gasteiger partial charge in [0, 0.05) is 0 Å². The first-order chi connectivity index (χ1) is 13.7. The highest BCUT2D eigenvalue weighted by atomic mass is 16.5. The third-order valence-electron chi connectivity index (χ3n) is 4.56. The second-order valence-electron chi connectivity index (χ2n) is 6.61. The molecule has 0 aliphatic rings. The number of hydrazone groups is 1. The van der Waals surface area contributed by atoms with E-state index in [-0.39, 0.29) is 5.91 Å². The van der Waals surface area contributed by atoms with Crippen molar-refractivity contribution in [2.45, 2.75) is 13.0 Å². The zero-order valence-electron chi connectivity index (χ0n) is 15.5. The van der Waals surface area contributed by atoms with E-state index in [4.69, 9.17) is 4.74 Å². The Morgan fingerprint density at radius 2 is 1.46 bits per heavy atom. The Balaban J connectivity index is 1.38. The molecule has 1 amide bonds. The summed E-state index contributed by atoms with van der Waals surface area (Å²) >= 11 is 0. The molecule has 4 heteroatoms. The molecule has 4 rings (SSSR count). The Hall–Kier alpha value is -3.66. The maximum absolute atomic E-state index is 12.3. The molecular weight excluding hydrogens is 348 g/mol. The number of benzene rings is 4. The molecule has 0 saturated carbocycles. The fraction of sp³-hybridized carbons (Fsp3) is 0.0833. The van der Waals surface area contributed by atoms with Crippen molar-refractivity contribution in [1.29, 1.82) is 0 Å². The van der Waals surface area contributed by atoms with Crippen molar-refractivity contribution >= 4 is 33.7 Å². The van der Waals surface area contributed by atoms with Crippen LogP contribution in [0.4, 0.5) is 0 Å². The minimum Gasteiger partial charge on any atom is -0.481 e. The Labute approximate surface area is 163 Å². The average molecular weight is 368 g/mol. The molecule has 0 radical (unpaired) electrons. The monoisotopic (exact) mass is 368 g/mol. The number of nitrogens with one attached hydrogen (secondary N) is 1. The molecule has 4 aromatic rings. The summed E-state index contributed by atoms with van der Waals surface area (Å²) in [5.74, 6) is 0.352. The van der Waals surface area contributed by atoms with Gasteiger partial charge in [-0.1, -0.05) is 66.7 Å². The smallest absolute Gasteiger partial charge is 0.280 e. The van der Waals surface area contributed by atoms with Crippen LogP contribution < -0.4 is 10.2 Å². The summed E-state index contributed by atoms with van der Waals surface area (Å²) in [6.45, 7) is 1.70. The van der Waals surface area contributed by atoms with E-state index in [2.05, 4.69) is 16.6 Å². The average Bonchev–Trinajstić information content (AvgIpc) is 2.73. The maximum atomic E-state index is 12.3. The Morgan fingerprint density at radius 1 is 0.857 bits per heavy atom. The van der Waals surface area contributed by atoms with Crippen LogP contribution in [0.1, 0.15) is 12.5 Å². The number of hydrogen-bond acceptors (Lipinski definition) is 3. The van der Waals surface area contributed by atoms with Crippen LogP contribution in [0.2, 0.25) is 0 Å². The number of fused-ring (bicyclic) bond motifs is 2. The van der Waals surface area contributed by atoms with Crippen molar-refractivity contribution in [1.82, 2.24) is 5.43 Å². The zero-order valence-corrected chi connectivity index (χ0v) is 15.5. The largest absolute Gasteiger partial charge is 0.481 e. The zero-order chi connectivity index (χ0) is 19.3. The highest BCUT2D eigenvalue weighted by Crippen LogP contribution is 2.21. The van der Waals surface area contributed by atoms with Gasteiger partial charge in [0.05, 0.1) is 6.21 Å². The van der Waals surface area contributed by atoms with Crippen molar-refractivity contribution in [2.75, 3.05) is 0 Å². The summed E-state index contributed by atoms with van der Waals surface area (Å²) in [6, 6.07) is 27.9. The van der Waals surface area contributed by atoms with Gasteiger partial charge in [0.2, 0.25) is 0 Å². The van der Waals surface area contributed by atoms with Crippen LogP contribution in [0.5, 0.6) is 5.75 Å². The third-order valence-corrected chi connectivity index (χ3v) is 4.56. The molecule has 0 aliphatic carbocycles. The lowest BCUT2D eigenvalue weighted by atomic mass is 10.1. The summed E-state index contributed by atoms with van der Waals surface area (Å²) in [5, 5.41) is 8.56. The van der Waals surface area contributed by atoms with E-state index >= 15 is 0 Å². The first kappa shape index (κ1) is 17.7. The molecule has 4 nitrogen and oxygen atoms in total. The van der Waals surface area contributed by atoms with E-state index in [1.807, 2.05) is 78.9 Å². The van der Waals surface area contributed by atoms with Gasteiger partial charge < -0.3 is 4.74 Å². The number of carbonyl (C=O) groups excluding carboxylic acids is 1. The van der Waals surface area contributed by atoms with Crippen LogP contribution in [0.25, 0.3) is 21.5 Å². The van der Waals surface area contributed by atoms with Gasteiger partial charge in [-0.2, -0.15) is 5.10 Å². The molecule has 0 heterocycles. The first-order valence-electron chi connectivity index (χ1n) is 9.16. The summed E-state index contributed by atoms with van der Waals surface area (Å²) in [4.78, 5) is 12.3. The van der Waals surface area contributed by atoms with Gasteiger partial charge in [-0.3, -0.25) is 4.79 Å². The number of ether oxygens (including phenoxy) is 1. The normalized spacial score (nSPS) is 12.3. The molecule has 1 atom stereocenters. The molecule has 138 valence electrons. The first-order valence-corrected chi connectivity index (χ1v) is 9.16. The second-order valence-corrected chi connectivity index (χ2v) is 6.61. The molecule has 0 aliphatic heterocycles. The van der Waals surface area contributed by atoms with Crippen LogP contribution in [-0.2, 0) is 4.79 Å². The molecule has 0 bridgehead atoms. The summed E-state index contributed by atoms with van der Waals surface area (Å²) in [5.41, 5.74) is 3.46. The van der Waals surface area contributed by atoms with Crippen LogP contribution in [0.3, 0.4) is 0 Å². The molecule has 0 unspecified atom stereocenters. The number of hydrogen-bond donors (Lipinski definition) is 1. The van der Waals surface area contributed by atoms with E-state index in [9.17, 15) is 4.79 Å². The lowest BCUT2D eigenvalue weighted by Crippen LogP contribution is -2.33. The van der Waals surface area contributed by atoms with E-state index in [0.717, 1.165) is 21.7 Å². The number of nitrogens with zero attached hydrogens (tertiary/aromatic N) is 1. The fourth-order valence-electron chi connectivity index (χ4n) is 3.05. The molecule has 0 aromatic heterocycles. The van der Waals surface area contributed by atoms with E-state index in [1.165, 1.54) is 5.39 Å². The quantitative estimate of drug-likeness (QED) is 0.402. The molecule has 0 fully saturated rings. The van der Waals surface area contributed by atoms with Gasteiger partial charge in [0.15, 0.2) is 6.10 Å². The molecule has 0 saturated heterocycles. The minimum atomic E-state index is -0.657. The topological polar surface area (TPSA) is 50.7 Å². The van der Waals surface area contributed by atoms with Gasteiger partial charge in [-0.05, 0) is 52.2 Å². The van der Waals surface area contributed by atoms with Gasteiger partial charge in [0.25, 0.3) is 5.91 Å². The number of carbonyl (C=O) groups is 1. The predicted octanol–water partition coefficient (Wildman–Crippen LogP) is 4.91. The van der Waals surface area contributed by atoms with Crippen molar-refractivity contribution in [3.63, 3.8) is 0 Å². The van der Waals surface area contributed by atoms with Crippen LogP contribution in [-0.4, -0.2) is 18.2 Å². The Bertz CT molecular complexity index is 1170. The van der Waals surface area contributed by atoms with Crippen molar-refractivity contribution in [2.24, 2.45) is 5.10 Å². The van der Waals surface area contributed by atoms with Crippen molar-refractivity contribution in [3.8, 4) is 5.75 Å². The summed E-state index contributed by atoms with van der Waals surface area (Å²) in [7, 11) is 0. The fourth-order valence-corrected chi connectivity index (χ4v) is 3.05. The van der Waals surface area contributed by atoms with Gasteiger partial charge in [-0.15, -0.1) is 0 Å². The van der Waals surface area contributed by atoms with Crippen molar-refractivity contribution < 1.29 is 9.53 Å². The highest BCUT2D eigenvalue weighted by Gasteiger charge is 2.14. The highest BCUT2D eigenvalue weighted by molar-refractivity contribution is 5.91. The molecule has 1 N–H and O–H groups in total. The molecule has 0 spiro atoms. The number of rotatable bonds is 5. The minimum absolute atomic E-state index is 0.301.